The molecular formula is C27H26N4O2S. The number of carbonyl (C=O) groups excluding carboxylic acids is 1. The SMILES string of the molecule is O=C(CCc1nc2ccccc2c(=O)n1C1CC1)Nc1ccccc1N1CCc2sccc2C1. The maximum absolute atomic E-state index is 13.1. The van der Waals surface area contributed by atoms with Crippen LogP contribution in [0.4, 0.5) is 11.4 Å². The van der Waals surface area contributed by atoms with Gasteiger partial charge in [-0.15, -0.1) is 11.3 Å². The van der Waals surface area contributed by atoms with Gasteiger partial charge in [0.2, 0.25) is 5.91 Å². The summed E-state index contributed by atoms with van der Waals surface area (Å²) in [5.74, 6) is 0.640. The fourth-order valence-corrected chi connectivity index (χ4v) is 5.71. The van der Waals surface area contributed by atoms with Crippen LogP contribution in [0.25, 0.3) is 10.9 Å². The molecule has 4 aromatic rings. The molecule has 6 nitrogen and oxygen atoms in total. The minimum atomic E-state index is -0.0644. The Labute approximate surface area is 201 Å². The molecule has 1 saturated carbocycles. The van der Waals surface area contributed by atoms with Crippen LogP contribution in [-0.4, -0.2) is 22.0 Å². The van der Waals surface area contributed by atoms with Crippen LogP contribution in [0.1, 0.15) is 41.6 Å². The highest BCUT2D eigenvalue weighted by molar-refractivity contribution is 7.10. The molecule has 0 spiro atoms. The van der Waals surface area contributed by atoms with Gasteiger partial charge in [-0.1, -0.05) is 24.3 Å². The van der Waals surface area contributed by atoms with Gasteiger partial charge >= 0.3 is 0 Å². The summed E-state index contributed by atoms with van der Waals surface area (Å²) in [6, 6.07) is 17.9. The lowest BCUT2D eigenvalue weighted by Crippen LogP contribution is -2.30. The molecule has 2 aromatic carbocycles. The average Bonchev–Trinajstić information content (AvgIpc) is 3.58. The Balaban J connectivity index is 1.20. The lowest BCUT2D eigenvalue weighted by Gasteiger charge is -2.30. The zero-order chi connectivity index (χ0) is 23.1. The molecule has 0 atom stereocenters. The van der Waals surface area contributed by atoms with E-state index in [1.54, 1.807) is 0 Å². The first-order valence-electron chi connectivity index (χ1n) is 11.9. The summed E-state index contributed by atoms with van der Waals surface area (Å²) in [5.41, 5.74) is 3.95. The Morgan fingerprint density at radius 1 is 1.09 bits per heavy atom. The molecule has 1 aliphatic carbocycles. The number of anilines is 2. The van der Waals surface area contributed by atoms with Crippen LogP contribution in [0.15, 0.2) is 64.8 Å². The number of hydrogen-bond acceptors (Lipinski definition) is 5. The predicted octanol–water partition coefficient (Wildman–Crippen LogP) is 4.93. The standard InChI is InChI=1S/C27H26N4O2S/c32-26(12-11-25-28-21-6-2-1-5-20(21)27(33)31(25)19-9-10-19)29-22-7-3-4-8-23(22)30-15-13-24-18(17-30)14-16-34-24/h1-8,14,16,19H,9-13,15,17H2,(H,29,32). The van der Waals surface area contributed by atoms with E-state index in [0.717, 1.165) is 43.7 Å². The molecule has 2 aliphatic rings. The second-order valence-corrected chi connectivity index (χ2v) is 10.1. The highest BCUT2D eigenvalue weighted by Gasteiger charge is 2.28. The highest BCUT2D eigenvalue weighted by Crippen LogP contribution is 2.35. The quantitative estimate of drug-likeness (QED) is 0.434. The lowest BCUT2D eigenvalue weighted by atomic mass is 10.1. The molecule has 1 N–H and O–H groups in total. The van der Waals surface area contributed by atoms with Crippen molar-refractivity contribution in [2.24, 2.45) is 0 Å². The Morgan fingerprint density at radius 2 is 1.91 bits per heavy atom. The number of rotatable bonds is 6. The van der Waals surface area contributed by atoms with Crippen molar-refractivity contribution in [2.45, 2.75) is 44.7 Å². The topological polar surface area (TPSA) is 67.2 Å². The second kappa shape index (κ2) is 8.72. The molecule has 7 heteroatoms. The Morgan fingerprint density at radius 3 is 2.79 bits per heavy atom. The Kier molecular flexibility index (Phi) is 5.41. The average molecular weight is 471 g/mol. The first kappa shape index (κ1) is 21.1. The molecule has 34 heavy (non-hydrogen) atoms. The molecule has 1 amide bonds. The van der Waals surface area contributed by atoms with Gasteiger partial charge in [-0.2, -0.15) is 0 Å². The zero-order valence-corrected chi connectivity index (χ0v) is 19.7. The molecule has 0 unspecified atom stereocenters. The number of aromatic nitrogens is 2. The third kappa shape index (κ3) is 4.01. The van der Waals surface area contributed by atoms with Crippen LogP contribution in [0.5, 0.6) is 0 Å². The predicted molar refractivity (Wildman–Crippen MR) is 137 cm³/mol. The van der Waals surface area contributed by atoms with Gasteiger partial charge in [0.15, 0.2) is 0 Å². The third-order valence-corrected chi connectivity index (χ3v) is 7.72. The van der Waals surface area contributed by atoms with E-state index in [9.17, 15) is 9.59 Å². The molecule has 0 saturated heterocycles. The molecule has 3 heterocycles. The molecule has 2 aromatic heterocycles. The lowest BCUT2D eigenvalue weighted by molar-refractivity contribution is -0.116. The van der Waals surface area contributed by atoms with Gasteiger partial charge < -0.3 is 10.2 Å². The van der Waals surface area contributed by atoms with Crippen LogP contribution in [0.2, 0.25) is 0 Å². The van der Waals surface area contributed by atoms with E-state index >= 15 is 0 Å². The number of nitrogens with one attached hydrogen (secondary N) is 1. The van der Waals surface area contributed by atoms with E-state index < -0.39 is 0 Å². The molecular weight excluding hydrogens is 444 g/mol. The first-order valence-corrected chi connectivity index (χ1v) is 12.7. The number of thiophene rings is 1. The molecule has 1 fully saturated rings. The van der Waals surface area contributed by atoms with E-state index in [-0.39, 0.29) is 23.9 Å². The zero-order valence-electron chi connectivity index (χ0n) is 18.9. The van der Waals surface area contributed by atoms with Crippen LogP contribution in [0.3, 0.4) is 0 Å². The van der Waals surface area contributed by atoms with Crippen molar-refractivity contribution in [3.63, 3.8) is 0 Å². The van der Waals surface area contributed by atoms with E-state index in [1.807, 2.05) is 58.4 Å². The molecule has 6 rings (SSSR count). The number of aryl methyl sites for hydroxylation is 1. The number of fused-ring (bicyclic) bond motifs is 2. The largest absolute Gasteiger partial charge is 0.365 e. The van der Waals surface area contributed by atoms with Crippen molar-refractivity contribution in [2.75, 3.05) is 16.8 Å². The van der Waals surface area contributed by atoms with E-state index in [2.05, 4.69) is 27.7 Å². The summed E-state index contributed by atoms with van der Waals surface area (Å²) in [4.78, 5) is 34.6. The summed E-state index contributed by atoms with van der Waals surface area (Å²) < 4.78 is 1.82. The summed E-state index contributed by atoms with van der Waals surface area (Å²) in [7, 11) is 0. The maximum Gasteiger partial charge on any atom is 0.261 e. The van der Waals surface area contributed by atoms with Crippen molar-refractivity contribution in [3.8, 4) is 0 Å². The molecule has 1 aliphatic heterocycles. The van der Waals surface area contributed by atoms with Gasteiger partial charge in [0.25, 0.3) is 5.56 Å². The molecule has 0 bridgehead atoms. The van der Waals surface area contributed by atoms with Gasteiger partial charge in [-0.25, -0.2) is 4.98 Å². The number of para-hydroxylation sites is 3. The van der Waals surface area contributed by atoms with Crippen molar-refractivity contribution in [1.82, 2.24) is 9.55 Å². The van der Waals surface area contributed by atoms with Gasteiger partial charge in [0.1, 0.15) is 5.82 Å². The van der Waals surface area contributed by atoms with Crippen LogP contribution >= 0.6 is 11.3 Å². The summed E-state index contributed by atoms with van der Waals surface area (Å²) >= 11 is 1.82. The summed E-state index contributed by atoms with van der Waals surface area (Å²) in [5, 5.41) is 5.92. The van der Waals surface area contributed by atoms with Crippen LogP contribution in [0, 0.1) is 0 Å². The van der Waals surface area contributed by atoms with Crippen molar-refractivity contribution in [1.29, 1.82) is 0 Å². The molecule has 172 valence electrons. The fraction of sp³-hybridized carbons (Fsp3) is 0.296. The number of carbonyl (C=O) groups is 1. The Bertz CT molecular complexity index is 1440. The third-order valence-electron chi connectivity index (χ3n) is 6.70. The van der Waals surface area contributed by atoms with Crippen molar-refractivity contribution >= 4 is 39.5 Å². The Hall–Kier alpha value is -3.45. The van der Waals surface area contributed by atoms with E-state index in [4.69, 9.17) is 4.98 Å². The smallest absolute Gasteiger partial charge is 0.261 e. The number of amides is 1. The minimum absolute atomic E-state index is 0.00625. The van der Waals surface area contributed by atoms with Crippen LogP contribution < -0.4 is 15.8 Å². The maximum atomic E-state index is 13.1. The monoisotopic (exact) mass is 470 g/mol. The van der Waals surface area contributed by atoms with Crippen molar-refractivity contribution in [3.05, 3.63) is 86.6 Å². The van der Waals surface area contributed by atoms with E-state index in [1.165, 1.54) is 10.4 Å². The minimum Gasteiger partial charge on any atom is -0.365 e. The summed E-state index contributed by atoms with van der Waals surface area (Å²) in [6.45, 7) is 1.80. The van der Waals surface area contributed by atoms with Gasteiger partial charge in [-0.05, 0) is 60.5 Å². The number of benzene rings is 2. The highest BCUT2D eigenvalue weighted by atomic mass is 32.1. The second-order valence-electron chi connectivity index (χ2n) is 9.06. The first-order chi connectivity index (χ1) is 16.7. The van der Waals surface area contributed by atoms with Gasteiger partial charge in [-0.3, -0.25) is 14.2 Å². The normalized spacial score (nSPS) is 15.4. The van der Waals surface area contributed by atoms with Crippen molar-refractivity contribution < 1.29 is 4.79 Å². The van der Waals surface area contributed by atoms with E-state index in [0.29, 0.717) is 23.1 Å². The fourth-order valence-electron chi connectivity index (χ4n) is 4.82. The number of nitrogens with zero attached hydrogens (tertiary/aromatic N) is 3. The van der Waals surface area contributed by atoms with Gasteiger partial charge in [0.05, 0.1) is 22.3 Å². The van der Waals surface area contributed by atoms with Gasteiger partial charge in [0, 0.05) is 36.9 Å². The van der Waals surface area contributed by atoms with Crippen LogP contribution in [-0.2, 0) is 24.2 Å². The molecule has 0 radical (unpaired) electrons. The summed E-state index contributed by atoms with van der Waals surface area (Å²) in [6.07, 6.45) is 3.73. The number of hydrogen-bond donors (Lipinski definition) is 1.